The van der Waals surface area contributed by atoms with Gasteiger partial charge in [0.05, 0.1) is 14.6 Å². The van der Waals surface area contributed by atoms with Gasteiger partial charge in [0.25, 0.3) is 0 Å². The molecule has 0 spiro atoms. The van der Waals surface area contributed by atoms with Crippen LogP contribution in [0.15, 0.2) is 39.9 Å². The smallest absolute Gasteiger partial charge is 0.304 e. The first-order chi connectivity index (χ1) is 9.91. The topological polar surface area (TPSA) is 109 Å². The predicted molar refractivity (Wildman–Crippen MR) is 84.1 cm³/mol. The molecule has 1 aromatic carbocycles. The molecule has 110 valence electrons. The van der Waals surface area contributed by atoms with E-state index in [1.54, 1.807) is 0 Å². The van der Waals surface area contributed by atoms with E-state index in [-0.39, 0.29) is 10.5 Å². The zero-order chi connectivity index (χ0) is 15.6. The van der Waals surface area contributed by atoms with Gasteiger partial charge < -0.3 is 4.98 Å². The van der Waals surface area contributed by atoms with Crippen LogP contribution in [0.2, 0.25) is 0 Å². The first-order valence-corrected chi connectivity index (χ1v) is 7.59. The summed E-state index contributed by atoms with van der Waals surface area (Å²) in [7, 11) is 0. The molecule has 1 heterocycles. The number of alkyl halides is 2. The van der Waals surface area contributed by atoms with Crippen molar-refractivity contribution in [2.75, 3.05) is 0 Å². The van der Waals surface area contributed by atoms with Crippen molar-refractivity contribution in [3.8, 4) is 0 Å². The Hall–Kier alpha value is -1.74. The SMILES string of the molecule is O=c1[nH]c(C(Br)C(Br)c2ccccc2)c([N+](=O)[O-])c(=O)[nH]1. The molecule has 0 aliphatic rings. The third-order valence-electron chi connectivity index (χ3n) is 2.78. The van der Waals surface area contributed by atoms with E-state index in [9.17, 15) is 19.7 Å². The number of aromatic amines is 2. The van der Waals surface area contributed by atoms with E-state index in [1.165, 1.54) is 0 Å². The van der Waals surface area contributed by atoms with Crippen LogP contribution in [0.1, 0.15) is 20.9 Å². The maximum atomic E-state index is 11.6. The molecule has 1 aromatic heterocycles. The van der Waals surface area contributed by atoms with Gasteiger partial charge in [-0.05, 0) is 5.56 Å². The van der Waals surface area contributed by atoms with Crippen molar-refractivity contribution >= 4 is 37.5 Å². The standard InChI is InChI=1S/C12H9Br2N3O4/c13-7(6-4-2-1-3-5-6)8(14)9-10(17(20)21)11(18)16-12(19)15-9/h1-5,7-8H,(H2,15,16,18,19). The zero-order valence-electron chi connectivity index (χ0n) is 10.4. The Morgan fingerprint density at radius 2 is 1.67 bits per heavy atom. The molecular formula is C12H9Br2N3O4. The number of aromatic nitrogens is 2. The molecule has 9 heteroatoms. The maximum Gasteiger partial charge on any atom is 0.354 e. The zero-order valence-corrected chi connectivity index (χ0v) is 13.5. The number of benzene rings is 1. The molecule has 2 unspecified atom stereocenters. The average Bonchev–Trinajstić information content (AvgIpc) is 2.45. The third-order valence-corrected chi connectivity index (χ3v) is 5.53. The lowest BCUT2D eigenvalue weighted by Crippen LogP contribution is -2.27. The number of halogens is 2. The fourth-order valence-corrected chi connectivity index (χ4v) is 3.04. The summed E-state index contributed by atoms with van der Waals surface area (Å²) < 4.78 is 0. The van der Waals surface area contributed by atoms with Crippen LogP contribution in [-0.4, -0.2) is 14.9 Å². The van der Waals surface area contributed by atoms with Crippen molar-refractivity contribution in [2.45, 2.75) is 9.65 Å². The molecule has 0 fully saturated rings. The van der Waals surface area contributed by atoms with Crippen molar-refractivity contribution < 1.29 is 4.92 Å². The van der Waals surface area contributed by atoms with Gasteiger partial charge in [-0.1, -0.05) is 62.2 Å². The first-order valence-electron chi connectivity index (χ1n) is 5.75. The first kappa shape index (κ1) is 15.6. The van der Waals surface area contributed by atoms with E-state index >= 15 is 0 Å². The van der Waals surface area contributed by atoms with E-state index in [0.717, 1.165) is 5.56 Å². The highest BCUT2D eigenvalue weighted by atomic mass is 79.9. The molecule has 2 N–H and O–H groups in total. The van der Waals surface area contributed by atoms with Crippen molar-refractivity contribution in [1.82, 2.24) is 9.97 Å². The summed E-state index contributed by atoms with van der Waals surface area (Å²) in [5, 5.41) is 11.0. The van der Waals surface area contributed by atoms with E-state index in [0.29, 0.717) is 0 Å². The maximum absolute atomic E-state index is 11.6. The van der Waals surface area contributed by atoms with E-state index in [2.05, 4.69) is 36.8 Å². The van der Waals surface area contributed by atoms with Crippen LogP contribution in [0.4, 0.5) is 5.69 Å². The Balaban J connectivity index is 2.53. The molecule has 2 atom stereocenters. The van der Waals surface area contributed by atoms with Crippen molar-refractivity contribution in [3.05, 3.63) is 72.5 Å². The van der Waals surface area contributed by atoms with Gasteiger partial charge in [-0.25, -0.2) is 4.79 Å². The van der Waals surface area contributed by atoms with Gasteiger partial charge >= 0.3 is 16.9 Å². The Labute approximate surface area is 134 Å². The van der Waals surface area contributed by atoms with Gasteiger partial charge in [-0.2, -0.15) is 0 Å². The Morgan fingerprint density at radius 1 is 1.05 bits per heavy atom. The lowest BCUT2D eigenvalue weighted by atomic mass is 10.1. The summed E-state index contributed by atoms with van der Waals surface area (Å²) in [6.45, 7) is 0. The molecular weight excluding hydrogens is 410 g/mol. The third kappa shape index (κ3) is 3.30. The van der Waals surface area contributed by atoms with Gasteiger partial charge in [0.1, 0.15) is 5.69 Å². The van der Waals surface area contributed by atoms with Gasteiger partial charge in [0, 0.05) is 0 Å². The summed E-state index contributed by atoms with van der Waals surface area (Å²) in [5.74, 6) is 0. The Bertz CT molecular complexity index is 772. The Kier molecular flexibility index (Phi) is 4.73. The molecule has 2 aromatic rings. The number of rotatable bonds is 4. The molecule has 0 amide bonds. The highest BCUT2D eigenvalue weighted by Crippen LogP contribution is 2.42. The van der Waals surface area contributed by atoms with Crippen LogP contribution in [-0.2, 0) is 0 Å². The van der Waals surface area contributed by atoms with E-state index < -0.39 is 26.7 Å². The summed E-state index contributed by atoms with van der Waals surface area (Å²) in [6, 6.07) is 9.12. The van der Waals surface area contributed by atoms with Gasteiger partial charge in [-0.3, -0.25) is 19.9 Å². The second-order valence-electron chi connectivity index (χ2n) is 4.14. The molecule has 0 bridgehead atoms. The number of hydrogen-bond donors (Lipinski definition) is 2. The van der Waals surface area contributed by atoms with Crippen LogP contribution < -0.4 is 11.2 Å². The number of H-pyrrole nitrogens is 2. The largest absolute Gasteiger partial charge is 0.354 e. The summed E-state index contributed by atoms with van der Waals surface area (Å²) in [5.41, 5.74) is -1.75. The average molecular weight is 419 g/mol. The molecule has 0 radical (unpaired) electrons. The van der Waals surface area contributed by atoms with E-state index in [1.807, 2.05) is 35.3 Å². The second-order valence-corrected chi connectivity index (χ2v) is 6.11. The fourth-order valence-electron chi connectivity index (χ4n) is 1.83. The molecule has 21 heavy (non-hydrogen) atoms. The van der Waals surface area contributed by atoms with Crippen molar-refractivity contribution in [3.63, 3.8) is 0 Å². The molecule has 7 nitrogen and oxygen atoms in total. The minimum absolute atomic E-state index is 0.0838. The lowest BCUT2D eigenvalue weighted by Gasteiger charge is -2.16. The fraction of sp³-hybridized carbons (Fsp3) is 0.167. The summed E-state index contributed by atoms with van der Waals surface area (Å²) >= 11 is 6.72. The predicted octanol–water partition coefficient (Wildman–Crippen LogP) is 2.54. The summed E-state index contributed by atoms with van der Waals surface area (Å²) in [4.78, 5) is 36.4. The molecule has 0 saturated carbocycles. The van der Waals surface area contributed by atoms with Crippen molar-refractivity contribution in [1.29, 1.82) is 0 Å². The quantitative estimate of drug-likeness (QED) is 0.451. The normalized spacial score (nSPS) is 13.6. The monoisotopic (exact) mass is 417 g/mol. The van der Waals surface area contributed by atoms with Crippen LogP contribution in [0.5, 0.6) is 0 Å². The highest BCUT2D eigenvalue weighted by Gasteiger charge is 2.30. The molecule has 0 saturated heterocycles. The van der Waals surface area contributed by atoms with Crippen LogP contribution in [0.3, 0.4) is 0 Å². The molecule has 0 aliphatic heterocycles. The number of nitrogens with zero attached hydrogens (tertiary/aromatic N) is 1. The number of nitro groups is 1. The second kappa shape index (κ2) is 6.35. The van der Waals surface area contributed by atoms with Gasteiger partial charge in [0.15, 0.2) is 0 Å². The van der Waals surface area contributed by atoms with Gasteiger partial charge in [-0.15, -0.1) is 0 Å². The molecule has 0 aliphatic carbocycles. The highest BCUT2D eigenvalue weighted by molar-refractivity contribution is 9.12. The lowest BCUT2D eigenvalue weighted by molar-refractivity contribution is -0.387. The van der Waals surface area contributed by atoms with Gasteiger partial charge in [0.2, 0.25) is 0 Å². The van der Waals surface area contributed by atoms with Crippen LogP contribution >= 0.6 is 31.9 Å². The number of hydrogen-bond acceptors (Lipinski definition) is 4. The van der Waals surface area contributed by atoms with E-state index in [4.69, 9.17) is 0 Å². The summed E-state index contributed by atoms with van der Waals surface area (Å²) in [6.07, 6.45) is 0. The minimum atomic E-state index is -1.03. The minimum Gasteiger partial charge on any atom is -0.304 e. The number of nitrogens with one attached hydrogen (secondary N) is 2. The van der Waals surface area contributed by atoms with Crippen LogP contribution in [0, 0.1) is 10.1 Å². The molecule has 2 rings (SSSR count). The van der Waals surface area contributed by atoms with Crippen LogP contribution in [0.25, 0.3) is 0 Å². The Morgan fingerprint density at radius 3 is 2.24 bits per heavy atom. The van der Waals surface area contributed by atoms with Crippen molar-refractivity contribution in [2.24, 2.45) is 0 Å².